The highest BCUT2D eigenvalue weighted by Crippen LogP contribution is 2.11. The molecule has 19 heavy (non-hydrogen) atoms. The molecule has 0 aliphatic heterocycles. The van der Waals surface area contributed by atoms with Gasteiger partial charge in [0.1, 0.15) is 0 Å². The zero-order chi connectivity index (χ0) is 14.7. The second-order valence-electron chi connectivity index (χ2n) is 5.24. The van der Waals surface area contributed by atoms with Crippen LogP contribution in [-0.4, -0.2) is 13.1 Å². The van der Waals surface area contributed by atoms with Crippen molar-refractivity contribution in [1.82, 2.24) is 0 Å². The Labute approximate surface area is 118 Å². The topological polar surface area (TPSA) is 26.3 Å². The molecule has 0 saturated carbocycles. The summed E-state index contributed by atoms with van der Waals surface area (Å²) in [5.74, 6) is -0.173. The Morgan fingerprint density at radius 3 is 1.95 bits per heavy atom. The van der Waals surface area contributed by atoms with Gasteiger partial charge in [-0.3, -0.25) is 4.79 Å². The van der Waals surface area contributed by atoms with Crippen LogP contribution in [-0.2, 0) is 9.53 Å². The molecule has 0 aromatic heterocycles. The first-order valence-corrected chi connectivity index (χ1v) is 6.97. The van der Waals surface area contributed by atoms with E-state index in [0.717, 1.165) is 25.7 Å². The minimum absolute atomic E-state index is 0.173. The summed E-state index contributed by atoms with van der Waals surface area (Å²) < 4.78 is 4.61. The highest BCUT2D eigenvalue weighted by molar-refractivity contribution is 5.71. The van der Waals surface area contributed by atoms with Gasteiger partial charge in [-0.15, -0.1) is 0 Å². The van der Waals surface area contributed by atoms with Crippen molar-refractivity contribution in [2.24, 2.45) is 0 Å². The van der Waals surface area contributed by atoms with E-state index in [4.69, 9.17) is 0 Å². The van der Waals surface area contributed by atoms with E-state index in [1.54, 1.807) is 0 Å². The Morgan fingerprint density at radius 2 is 1.42 bits per heavy atom. The second-order valence-corrected chi connectivity index (χ2v) is 5.24. The summed E-state index contributed by atoms with van der Waals surface area (Å²) in [4.78, 5) is 11.0. The Hall–Kier alpha value is -1.31. The summed E-state index contributed by atoms with van der Waals surface area (Å²) in [6.07, 6.45) is 11.2. The molecule has 0 heterocycles. The smallest absolute Gasteiger partial charge is 0.309 e. The van der Waals surface area contributed by atoms with Gasteiger partial charge in [-0.1, -0.05) is 34.9 Å². The number of rotatable bonds is 8. The predicted octanol–water partition coefficient (Wildman–Crippen LogP) is 4.97. The fourth-order valence-electron chi connectivity index (χ4n) is 1.68. The molecule has 2 nitrogen and oxygen atoms in total. The number of carbonyl (C=O) groups excluding carboxylic acids is 1. The van der Waals surface area contributed by atoms with E-state index in [0.29, 0.717) is 6.42 Å². The Morgan fingerprint density at radius 1 is 0.895 bits per heavy atom. The molecular weight excluding hydrogens is 236 g/mol. The molecule has 0 N–H and O–H groups in total. The molecule has 108 valence electrons. The number of allylic oxidation sites excluding steroid dienone is 5. The highest BCUT2D eigenvalue weighted by Gasteiger charge is 1.97. The van der Waals surface area contributed by atoms with Gasteiger partial charge in [0.05, 0.1) is 13.5 Å². The van der Waals surface area contributed by atoms with Gasteiger partial charge in [-0.2, -0.15) is 0 Å². The normalized spacial score (nSPS) is 12.3. The van der Waals surface area contributed by atoms with Gasteiger partial charge in [0.2, 0.25) is 0 Å². The standard InChI is InChI=1S/C17H28O2/c1-14(2)8-6-9-15(3)10-7-11-16(4)12-13-17(18)19-5/h8,10,12H,6-7,9,11,13H2,1-5H3/b15-10+,16-12-. The maximum atomic E-state index is 11.0. The van der Waals surface area contributed by atoms with Crippen molar-refractivity contribution >= 4 is 5.97 Å². The lowest BCUT2D eigenvalue weighted by molar-refractivity contribution is -0.139. The number of hydrogen-bond acceptors (Lipinski definition) is 2. The highest BCUT2D eigenvalue weighted by atomic mass is 16.5. The van der Waals surface area contributed by atoms with Gasteiger partial charge in [-0.25, -0.2) is 0 Å². The number of ether oxygens (including phenoxy) is 1. The monoisotopic (exact) mass is 264 g/mol. The van der Waals surface area contributed by atoms with E-state index < -0.39 is 0 Å². The third-order valence-electron chi connectivity index (χ3n) is 2.97. The van der Waals surface area contributed by atoms with E-state index in [2.05, 4.69) is 44.6 Å². The van der Waals surface area contributed by atoms with E-state index in [9.17, 15) is 4.79 Å². The van der Waals surface area contributed by atoms with Crippen LogP contribution in [0.5, 0.6) is 0 Å². The van der Waals surface area contributed by atoms with Crippen LogP contribution in [0.1, 0.15) is 59.8 Å². The lowest BCUT2D eigenvalue weighted by Gasteiger charge is -2.01. The van der Waals surface area contributed by atoms with Crippen molar-refractivity contribution in [3.63, 3.8) is 0 Å². The summed E-state index contributed by atoms with van der Waals surface area (Å²) in [5, 5.41) is 0. The number of methoxy groups -OCH3 is 1. The first-order valence-electron chi connectivity index (χ1n) is 6.97. The van der Waals surface area contributed by atoms with Gasteiger partial charge < -0.3 is 4.74 Å². The number of esters is 1. The molecule has 0 aliphatic carbocycles. The molecule has 0 rings (SSSR count). The molecule has 0 atom stereocenters. The van der Waals surface area contributed by atoms with Crippen molar-refractivity contribution in [3.05, 3.63) is 34.9 Å². The first kappa shape index (κ1) is 17.7. The average molecular weight is 264 g/mol. The van der Waals surface area contributed by atoms with Crippen LogP contribution in [0.25, 0.3) is 0 Å². The van der Waals surface area contributed by atoms with Crippen LogP contribution >= 0.6 is 0 Å². The summed E-state index contributed by atoms with van der Waals surface area (Å²) in [7, 11) is 1.42. The number of carbonyl (C=O) groups is 1. The average Bonchev–Trinajstić information content (AvgIpc) is 2.35. The first-order chi connectivity index (χ1) is 8.95. The van der Waals surface area contributed by atoms with Crippen molar-refractivity contribution in [3.8, 4) is 0 Å². The fraction of sp³-hybridized carbons (Fsp3) is 0.588. The molecule has 0 aromatic carbocycles. The molecule has 0 bridgehead atoms. The van der Waals surface area contributed by atoms with E-state index in [1.165, 1.54) is 23.8 Å². The van der Waals surface area contributed by atoms with Gasteiger partial charge in [0.15, 0.2) is 0 Å². The maximum absolute atomic E-state index is 11.0. The molecule has 0 amide bonds. The van der Waals surface area contributed by atoms with Crippen LogP contribution in [0, 0.1) is 0 Å². The van der Waals surface area contributed by atoms with E-state index in [-0.39, 0.29) is 5.97 Å². The predicted molar refractivity (Wildman–Crippen MR) is 82.0 cm³/mol. The number of hydrogen-bond donors (Lipinski definition) is 0. The minimum Gasteiger partial charge on any atom is -0.469 e. The molecule has 2 heteroatoms. The van der Waals surface area contributed by atoms with Gasteiger partial charge in [0, 0.05) is 0 Å². The van der Waals surface area contributed by atoms with E-state index >= 15 is 0 Å². The Balaban J connectivity index is 3.93. The van der Waals surface area contributed by atoms with Crippen molar-refractivity contribution < 1.29 is 9.53 Å². The second kappa shape index (κ2) is 10.6. The zero-order valence-electron chi connectivity index (χ0n) is 13.1. The van der Waals surface area contributed by atoms with Crippen LogP contribution in [0.15, 0.2) is 34.9 Å². The van der Waals surface area contributed by atoms with Crippen molar-refractivity contribution in [2.45, 2.75) is 59.8 Å². The van der Waals surface area contributed by atoms with Gasteiger partial charge >= 0.3 is 5.97 Å². The fourth-order valence-corrected chi connectivity index (χ4v) is 1.68. The van der Waals surface area contributed by atoms with Crippen LogP contribution in [0.4, 0.5) is 0 Å². The van der Waals surface area contributed by atoms with Crippen LogP contribution in [0.3, 0.4) is 0 Å². The summed E-state index contributed by atoms with van der Waals surface area (Å²) in [5.41, 5.74) is 4.08. The largest absolute Gasteiger partial charge is 0.469 e. The quantitative estimate of drug-likeness (QED) is 0.457. The molecule has 0 radical (unpaired) electrons. The molecule has 0 aliphatic rings. The third kappa shape index (κ3) is 11.5. The molecule has 0 saturated heterocycles. The molecule has 0 spiro atoms. The summed E-state index contributed by atoms with van der Waals surface area (Å²) in [6, 6.07) is 0. The summed E-state index contributed by atoms with van der Waals surface area (Å²) >= 11 is 0. The Kier molecular flexibility index (Phi) is 9.87. The van der Waals surface area contributed by atoms with E-state index in [1.807, 2.05) is 6.08 Å². The molecule has 0 fully saturated rings. The van der Waals surface area contributed by atoms with Crippen molar-refractivity contribution in [1.29, 1.82) is 0 Å². The SMILES string of the molecule is COC(=O)C/C=C(/C)CC/C=C(\C)CCC=C(C)C. The minimum atomic E-state index is -0.173. The maximum Gasteiger partial charge on any atom is 0.309 e. The molecule has 0 unspecified atom stereocenters. The Bertz CT molecular complexity index is 355. The third-order valence-corrected chi connectivity index (χ3v) is 2.97. The van der Waals surface area contributed by atoms with Gasteiger partial charge in [0.25, 0.3) is 0 Å². The zero-order valence-corrected chi connectivity index (χ0v) is 13.1. The van der Waals surface area contributed by atoms with Crippen LogP contribution < -0.4 is 0 Å². The van der Waals surface area contributed by atoms with Crippen LogP contribution in [0.2, 0.25) is 0 Å². The molecular formula is C17H28O2. The summed E-state index contributed by atoms with van der Waals surface area (Å²) in [6.45, 7) is 8.52. The molecule has 0 aromatic rings. The van der Waals surface area contributed by atoms with Crippen molar-refractivity contribution in [2.75, 3.05) is 7.11 Å². The lowest BCUT2D eigenvalue weighted by Crippen LogP contribution is -1.97. The lowest BCUT2D eigenvalue weighted by atomic mass is 10.1. The van der Waals surface area contributed by atoms with Gasteiger partial charge in [-0.05, 0) is 53.4 Å².